The van der Waals surface area contributed by atoms with Crippen molar-refractivity contribution in [2.45, 2.75) is 59.0 Å². The second-order valence-corrected chi connectivity index (χ2v) is 7.92. The third-order valence-corrected chi connectivity index (χ3v) is 5.33. The van der Waals surface area contributed by atoms with Gasteiger partial charge in [0, 0.05) is 19.0 Å². The molecule has 1 heteroatoms. The summed E-state index contributed by atoms with van der Waals surface area (Å²) in [5.41, 5.74) is 8.99. The van der Waals surface area contributed by atoms with Crippen molar-refractivity contribution in [3.63, 3.8) is 0 Å². The summed E-state index contributed by atoms with van der Waals surface area (Å²) in [4.78, 5) is 0. The standard InChI is InChI=1S/C24H27O.H2/c1-5-6-7-8-17-14-19(18-10-11-18)23-20-13-16(2)9-12-21(20)24(3,4)25-22(23)15-17;/h9-15H,5-8H2,1-4H3;1H. The van der Waals surface area contributed by atoms with Gasteiger partial charge in [0.2, 0.25) is 0 Å². The molecule has 0 saturated heterocycles. The maximum absolute atomic E-state index is 6.51. The smallest absolute Gasteiger partial charge is 0.129 e. The number of unbranched alkanes of at least 4 members (excludes halogenated alkanes) is 2. The normalized spacial score (nSPS) is 16.6. The summed E-state index contributed by atoms with van der Waals surface area (Å²) in [6, 6.07) is 11.4. The molecule has 131 valence electrons. The van der Waals surface area contributed by atoms with Crippen molar-refractivity contribution in [2.24, 2.45) is 0 Å². The van der Waals surface area contributed by atoms with Crippen LogP contribution < -0.4 is 4.74 Å². The van der Waals surface area contributed by atoms with E-state index in [4.69, 9.17) is 4.74 Å². The van der Waals surface area contributed by atoms with E-state index in [1.807, 2.05) is 0 Å². The molecule has 1 heterocycles. The summed E-state index contributed by atoms with van der Waals surface area (Å²) in [5.74, 6) is 1.05. The van der Waals surface area contributed by atoms with Crippen molar-refractivity contribution in [1.82, 2.24) is 0 Å². The van der Waals surface area contributed by atoms with Crippen LogP contribution in [0.2, 0.25) is 0 Å². The molecule has 0 aromatic heterocycles. The van der Waals surface area contributed by atoms with Crippen LogP contribution in [0.15, 0.2) is 36.4 Å². The van der Waals surface area contributed by atoms with E-state index in [1.54, 1.807) is 0 Å². The molecule has 0 saturated carbocycles. The number of fused-ring (bicyclic) bond motifs is 3. The Morgan fingerprint density at radius 2 is 1.84 bits per heavy atom. The molecule has 25 heavy (non-hydrogen) atoms. The van der Waals surface area contributed by atoms with E-state index in [-0.39, 0.29) is 7.03 Å². The molecule has 1 radical (unpaired) electrons. The molecule has 2 aliphatic rings. The quantitative estimate of drug-likeness (QED) is 0.542. The van der Waals surface area contributed by atoms with E-state index in [0.29, 0.717) is 0 Å². The van der Waals surface area contributed by atoms with E-state index < -0.39 is 0 Å². The van der Waals surface area contributed by atoms with E-state index in [2.05, 4.69) is 70.5 Å². The zero-order valence-corrected chi connectivity index (χ0v) is 15.8. The van der Waals surface area contributed by atoms with E-state index in [0.717, 1.165) is 12.2 Å². The minimum absolute atomic E-state index is 0. The molecular formula is C24H29O. The van der Waals surface area contributed by atoms with E-state index in [9.17, 15) is 0 Å². The van der Waals surface area contributed by atoms with Gasteiger partial charge in [-0.2, -0.15) is 0 Å². The van der Waals surface area contributed by atoms with E-state index in [1.165, 1.54) is 58.2 Å². The van der Waals surface area contributed by atoms with Gasteiger partial charge in [-0.15, -0.1) is 0 Å². The summed E-state index contributed by atoms with van der Waals surface area (Å²) in [6.45, 7) is 8.78. The van der Waals surface area contributed by atoms with Gasteiger partial charge in [-0.1, -0.05) is 55.7 Å². The molecule has 1 nitrogen and oxygen atoms in total. The van der Waals surface area contributed by atoms with Crippen molar-refractivity contribution in [1.29, 1.82) is 0 Å². The second-order valence-electron chi connectivity index (χ2n) is 7.92. The Labute approximate surface area is 153 Å². The summed E-state index contributed by atoms with van der Waals surface area (Å²) in [7, 11) is 0. The zero-order chi connectivity index (χ0) is 17.6. The molecule has 2 aromatic rings. The molecule has 2 aromatic carbocycles. The highest BCUT2D eigenvalue weighted by Crippen LogP contribution is 2.50. The van der Waals surface area contributed by atoms with Crippen LogP contribution >= 0.6 is 0 Å². The Morgan fingerprint density at radius 3 is 2.56 bits per heavy atom. The second kappa shape index (κ2) is 6.05. The number of allylic oxidation sites excluding steroid dienone is 2. The topological polar surface area (TPSA) is 9.23 Å². The van der Waals surface area contributed by atoms with Crippen LogP contribution in [0.3, 0.4) is 0 Å². The molecule has 4 rings (SSSR count). The van der Waals surface area contributed by atoms with Gasteiger partial charge in [0.15, 0.2) is 0 Å². The van der Waals surface area contributed by atoms with E-state index >= 15 is 0 Å². The highest BCUT2D eigenvalue weighted by molar-refractivity contribution is 5.97. The van der Waals surface area contributed by atoms with Crippen LogP contribution in [0.4, 0.5) is 0 Å². The molecule has 0 N–H and O–H groups in total. The van der Waals surface area contributed by atoms with Crippen molar-refractivity contribution >= 4 is 5.57 Å². The first-order chi connectivity index (χ1) is 12.0. The predicted molar refractivity (Wildman–Crippen MR) is 108 cm³/mol. The number of aryl methyl sites for hydroxylation is 2. The highest BCUT2D eigenvalue weighted by atomic mass is 16.5. The third kappa shape index (κ3) is 3.01. The molecule has 0 atom stereocenters. The number of hydrogen-bond acceptors (Lipinski definition) is 1. The minimum atomic E-state index is -0.295. The number of ether oxygens (including phenoxy) is 1. The number of benzene rings is 2. The van der Waals surface area contributed by atoms with Gasteiger partial charge in [0.05, 0.1) is 0 Å². The average Bonchev–Trinajstić information content (AvgIpc) is 3.38. The first kappa shape index (κ1) is 16.4. The van der Waals surface area contributed by atoms with Crippen LogP contribution in [0, 0.1) is 13.3 Å². The van der Waals surface area contributed by atoms with Crippen LogP contribution in [-0.2, 0) is 12.0 Å². The first-order valence-electron chi connectivity index (χ1n) is 9.52. The maximum Gasteiger partial charge on any atom is 0.129 e. The molecule has 1 aliphatic carbocycles. The monoisotopic (exact) mass is 333 g/mol. The fourth-order valence-corrected chi connectivity index (χ4v) is 3.92. The van der Waals surface area contributed by atoms with Gasteiger partial charge in [0.25, 0.3) is 0 Å². The fourth-order valence-electron chi connectivity index (χ4n) is 3.92. The fraction of sp³-hybridized carbons (Fsp3) is 0.375. The van der Waals surface area contributed by atoms with Crippen LogP contribution in [-0.4, -0.2) is 0 Å². The van der Waals surface area contributed by atoms with Crippen molar-refractivity contribution in [2.75, 3.05) is 0 Å². The first-order valence-corrected chi connectivity index (χ1v) is 9.52. The lowest BCUT2D eigenvalue weighted by molar-refractivity contribution is 0.105. The maximum atomic E-state index is 6.51. The molecule has 0 unspecified atom stereocenters. The summed E-state index contributed by atoms with van der Waals surface area (Å²) >= 11 is 0. The number of rotatable bonds is 5. The Balaban J connectivity index is 0.00000196. The van der Waals surface area contributed by atoms with Crippen LogP contribution in [0.5, 0.6) is 5.75 Å². The molecule has 0 amide bonds. The Hall–Kier alpha value is -2.02. The molecule has 0 spiro atoms. The Kier molecular flexibility index (Phi) is 3.98. The van der Waals surface area contributed by atoms with Gasteiger partial charge < -0.3 is 4.74 Å². The molecule has 0 fully saturated rings. The van der Waals surface area contributed by atoms with Crippen molar-refractivity contribution in [3.05, 3.63) is 65.1 Å². The molecule has 0 bridgehead atoms. The number of hydrogen-bond donors (Lipinski definition) is 0. The molecule has 1 aliphatic heterocycles. The van der Waals surface area contributed by atoms with Crippen molar-refractivity contribution in [3.8, 4) is 16.9 Å². The van der Waals surface area contributed by atoms with Gasteiger partial charge in [-0.25, -0.2) is 0 Å². The van der Waals surface area contributed by atoms with Crippen LogP contribution in [0.1, 0.15) is 63.7 Å². The summed E-state index contributed by atoms with van der Waals surface area (Å²) in [5, 5.41) is 0. The Morgan fingerprint density at radius 1 is 1.04 bits per heavy atom. The van der Waals surface area contributed by atoms with Crippen molar-refractivity contribution < 1.29 is 6.16 Å². The zero-order valence-electron chi connectivity index (χ0n) is 15.8. The van der Waals surface area contributed by atoms with Gasteiger partial charge in [-0.3, -0.25) is 0 Å². The van der Waals surface area contributed by atoms with Crippen LogP contribution in [0.25, 0.3) is 16.7 Å². The lowest BCUT2D eigenvalue weighted by atomic mass is 9.82. The van der Waals surface area contributed by atoms with Gasteiger partial charge in [0.1, 0.15) is 11.4 Å². The highest BCUT2D eigenvalue weighted by Gasteiger charge is 2.35. The lowest BCUT2D eigenvalue weighted by Crippen LogP contribution is -2.29. The molecular weight excluding hydrogens is 304 g/mol. The summed E-state index contributed by atoms with van der Waals surface area (Å²) < 4.78 is 6.51. The average molecular weight is 333 g/mol. The lowest BCUT2D eigenvalue weighted by Gasteiger charge is -2.36. The summed E-state index contributed by atoms with van der Waals surface area (Å²) in [6.07, 6.45) is 9.34. The van der Waals surface area contributed by atoms with Gasteiger partial charge >= 0.3 is 0 Å². The minimum Gasteiger partial charge on any atom is -0.482 e. The van der Waals surface area contributed by atoms with Gasteiger partial charge in [-0.05, 0) is 61.9 Å². The Bertz CT molecular complexity index is 861. The largest absolute Gasteiger partial charge is 0.482 e. The predicted octanol–water partition coefficient (Wildman–Crippen LogP) is 6.87. The third-order valence-electron chi connectivity index (χ3n) is 5.33. The SMILES string of the molecule is CCCCCc1cc2c(c(C3=C[CH]3)c1)-c1cc(C)ccc1C(C)(C)O2.[HH].